The quantitative estimate of drug-likeness (QED) is 0.489. The number of halogens is 2. The normalized spacial score (nSPS) is 19.4. The van der Waals surface area contributed by atoms with Crippen LogP contribution in [0.15, 0.2) is 29.3 Å². The standard InChI is InChI=1S/C23H26ClN7O3S2.ClH/c1-28-13-19-20(14-29(28)2)35-22(27-19)23(32)31-9-8-30(12-17(31)4-3-7-25)36(33,34)21-11-15-10-16(24)5-6-18(15)26-21;/h5-6,10-11,17,26H,3-4,8-9,12-14H2,1-2H3;1H. The number of H-pyrrole nitrogens is 1. The molecule has 0 radical (unpaired) electrons. The first-order valence-corrected chi connectivity index (χ1v) is 14.2. The van der Waals surface area contributed by atoms with Gasteiger partial charge in [0.05, 0.1) is 18.3 Å². The lowest BCUT2D eigenvalue weighted by Crippen LogP contribution is -2.56. The van der Waals surface area contributed by atoms with Crippen LogP contribution in [0.2, 0.25) is 5.02 Å². The van der Waals surface area contributed by atoms with Crippen molar-refractivity contribution in [1.82, 2.24) is 29.2 Å². The maximum atomic E-state index is 13.5. The van der Waals surface area contributed by atoms with Crippen LogP contribution < -0.4 is 0 Å². The molecule has 1 amide bonds. The minimum Gasteiger partial charge on any atom is -0.345 e. The Hall–Kier alpha value is -2.24. The topological polar surface area (TPSA) is 117 Å². The van der Waals surface area contributed by atoms with Gasteiger partial charge in [-0.1, -0.05) is 11.6 Å². The van der Waals surface area contributed by atoms with Gasteiger partial charge in [-0.2, -0.15) is 9.57 Å². The van der Waals surface area contributed by atoms with Gasteiger partial charge in [0.2, 0.25) is 0 Å². The largest absolute Gasteiger partial charge is 0.345 e. The average Bonchev–Trinajstić information content (AvgIpc) is 3.46. The molecule has 37 heavy (non-hydrogen) atoms. The van der Waals surface area contributed by atoms with E-state index in [0.717, 1.165) is 10.6 Å². The predicted octanol–water partition coefficient (Wildman–Crippen LogP) is 3.31. The fourth-order valence-corrected chi connectivity index (χ4v) is 7.39. The molecule has 0 saturated carbocycles. The van der Waals surface area contributed by atoms with Crippen LogP contribution in [-0.2, 0) is 23.1 Å². The number of aromatic nitrogens is 2. The minimum absolute atomic E-state index is 0. The summed E-state index contributed by atoms with van der Waals surface area (Å²) in [6, 6.07) is 8.43. The Labute approximate surface area is 230 Å². The van der Waals surface area contributed by atoms with Crippen LogP contribution in [0.25, 0.3) is 10.9 Å². The van der Waals surface area contributed by atoms with Crippen LogP contribution in [0.4, 0.5) is 0 Å². The lowest BCUT2D eigenvalue weighted by atomic mass is 10.1. The molecule has 0 aliphatic carbocycles. The maximum Gasteiger partial charge on any atom is 0.283 e. The molecule has 1 aromatic carbocycles. The molecule has 10 nitrogen and oxygen atoms in total. The molecule has 1 atom stereocenters. The van der Waals surface area contributed by atoms with E-state index in [1.807, 2.05) is 19.1 Å². The van der Waals surface area contributed by atoms with Gasteiger partial charge >= 0.3 is 0 Å². The van der Waals surface area contributed by atoms with E-state index in [4.69, 9.17) is 11.6 Å². The van der Waals surface area contributed by atoms with E-state index in [1.54, 1.807) is 29.2 Å². The van der Waals surface area contributed by atoms with Crippen LogP contribution >= 0.6 is 35.3 Å². The van der Waals surface area contributed by atoms with E-state index in [9.17, 15) is 18.5 Å². The number of thiazole rings is 1. The smallest absolute Gasteiger partial charge is 0.283 e. The molecule has 14 heteroatoms. The zero-order valence-corrected chi connectivity index (χ0v) is 23.6. The fraction of sp³-hybridized carbons (Fsp3) is 0.435. The number of sulfonamides is 1. The van der Waals surface area contributed by atoms with Crippen LogP contribution in [0.3, 0.4) is 0 Å². The Bertz CT molecular complexity index is 1440. The van der Waals surface area contributed by atoms with E-state index in [-0.39, 0.29) is 49.4 Å². The SMILES string of the molecule is CN1Cc2nc(C(=O)N3CCN(S(=O)(=O)c4cc5cc(Cl)ccc5[nH]4)CC3CCC#N)sc2CN1C.Cl. The van der Waals surface area contributed by atoms with Gasteiger partial charge in [0.1, 0.15) is 5.03 Å². The number of carbonyl (C=O) groups is 1. The fourth-order valence-electron chi connectivity index (χ4n) is 4.66. The van der Waals surface area contributed by atoms with Gasteiger partial charge in [0, 0.05) is 73.5 Å². The van der Waals surface area contributed by atoms with E-state index in [1.165, 1.54) is 15.6 Å². The third kappa shape index (κ3) is 5.35. The van der Waals surface area contributed by atoms with Crippen molar-refractivity contribution in [2.45, 2.75) is 37.0 Å². The summed E-state index contributed by atoms with van der Waals surface area (Å²) < 4.78 is 28.3. The number of piperazine rings is 1. The summed E-state index contributed by atoms with van der Waals surface area (Å²) in [4.78, 5) is 23.9. The number of benzene rings is 1. The lowest BCUT2D eigenvalue weighted by Gasteiger charge is -2.40. The summed E-state index contributed by atoms with van der Waals surface area (Å²) in [5.74, 6) is -0.208. The number of nitrogens with one attached hydrogen (secondary N) is 1. The molecule has 1 unspecified atom stereocenters. The Morgan fingerprint density at radius 3 is 2.76 bits per heavy atom. The monoisotopic (exact) mass is 583 g/mol. The van der Waals surface area contributed by atoms with Crippen LogP contribution in [0.5, 0.6) is 0 Å². The second kappa shape index (κ2) is 10.9. The summed E-state index contributed by atoms with van der Waals surface area (Å²) in [6.07, 6.45) is 0.602. The lowest BCUT2D eigenvalue weighted by molar-refractivity contribution is -0.00173. The first-order chi connectivity index (χ1) is 17.2. The van der Waals surface area contributed by atoms with Gasteiger partial charge in [0.25, 0.3) is 15.9 Å². The highest BCUT2D eigenvalue weighted by atomic mass is 35.5. The zero-order valence-electron chi connectivity index (χ0n) is 20.3. The van der Waals surface area contributed by atoms with Gasteiger partial charge in [-0.25, -0.2) is 23.4 Å². The number of hydrogen-bond acceptors (Lipinski definition) is 8. The van der Waals surface area contributed by atoms with Gasteiger partial charge in [-0.15, -0.1) is 23.7 Å². The van der Waals surface area contributed by atoms with Crippen molar-refractivity contribution in [1.29, 1.82) is 5.26 Å². The van der Waals surface area contributed by atoms with Crippen LogP contribution in [-0.4, -0.2) is 83.3 Å². The van der Waals surface area contributed by atoms with E-state index in [2.05, 4.69) is 21.0 Å². The van der Waals surface area contributed by atoms with E-state index >= 15 is 0 Å². The molecule has 2 aromatic heterocycles. The Kier molecular flexibility index (Phi) is 8.16. The van der Waals surface area contributed by atoms with E-state index in [0.29, 0.717) is 40.4 Å². The van der Waals surface area contributed by atoms with Crippen molar-refractivity contribution < 1.29 is 13.2 Å². The Morgan fingerprint density at radius 1 is 1.24 bits per heavy atom. The second-order valence-electron chi connectivity index (χ2n) is 9.10. The van der Waals surface area contributed by atoms with Gasteiger partial charge in [-0.3, -0.25) is 4.79 Å². The van der Waals surface area contributed by atoms with Crippen LogP contribution in [0.1, 0.15) is 33.2 Å². The molecular formula is C23H27Cl2N7O3S2. The highest BCUT2D eigenvalue weighted by Gasteiger charge is 2.38. The molecule has 0 bridgehead atoms. The molecule has 198 valence electrons. The minimum atomic E-state index is -3.83. The Morgan fingerprint density at radius 2 is 2.00 bits per heavy atom. The first kappa shape index (κ1) is 27.8. The summed E-state index contributed by atoms with van der Waals surface area (Å²) >= 11 is 7.45. The van der Waals surface area contributed by atoms with Crippen molar-refractivity contribution in [2.24, 2.45) is 0 Å². The number of nitrogens with zero attached hydrogens (tertiary/aromatic N) is 6. The molecule has 0 spiro atoms. The highest BCUT2D eigenvalue weighted by Crippen LogP contribution is 2.30. The summed E-state index contributed by atoms with van der Waals surface area (Å²) in [6.45, 7) is 1.82. The molecular weight excluding hydrogens is 557 g/mol. The van der Waals surface area contributed by atoms with Crippen molar-refractivity contribution in [3.63, 3.8) is 0 Å². The average molecular weight is 585 g/mol. The predicted molar refractivity (Wildman–Crippen MR) is 144 cm³/mol. The van der Waals surface area contributed by atoms with Crippen LogP contribution in [0, 0.1) is 11.3 Å². The van der Waals surface area contributed by atoms with Crippen molar-refractivity contribution in [3.8, 4) is 6.07 Å². The summed E-state index contributed by atoms with van der Waals surface area (Å²) in [5, 5.41) is 15.0. The molecule has 5 rings (SSSR count). The third-order valence-corrected chi connectivity index (χ3v) is 9.86. The Balaban J connectivity index is 0.00000320. The second-order valence-corrected chi connectivity index (χ2v) is 12.5. The number of fused-ring (bicyclic) bond motifs is 2. The molecule has 1 fully saturated rings. The number of hydrogen-bond donors (Lipinski definition) is 1. The third-order valence-electron chi connectivity index (χ3n) is 6.77. The van der Waals surface area contributed by atoms with Crippen molar-refractivity contribution >= 4 is 62.2 Å². The number of hydrazine groups is 1. The molecule has 2 aliphatic rings. The van der Waals surface area contributed by atoms with E-state index < -0.39 is 16.1 Å². The summed E-state index contributed by atoms with van der Waals surface area (Å²) in [5.41, 5.74) is 1.58. The number of aromatic amines is 1. The zero-order chi connectivity index (χ0) is 25.6. The summed E-state index contributed by atoms with van der Waals surface area (Å²) in [7, 11) is 0.132. The number of rotatable bonds is 5. The van der Waals surface area contributed by atoms with Crippen molar-refractivity contribution in [3.05, 3.63) is 44.9 Å². The number of carbonyl (C=O) groups excluding carboxylic acids is 1. The van der Waals surface area contributed by atoms with Gasteiger partial charge < -0.3 is 9.88 Å². The van der Waals surface area contributed by atoms with Gasteiger partial charge in [0.15, 0.2) is 5.01 Å². The molecule has 3 aromatic rings. The highest BCUT2D eigenvalue weighted by molar-refractivity contribution is 7.89. The van der Waals surface area contributed by atoms with Crippen molar-refractivity contribution in [2.75, 3.05) is 33.7 Å². The molecule has 2 aliphatic heterocycles. The molecule has 1 saturated heterocycles. The molecule has 4 heterocycles. The molecule has 1 N–H and O–H groups in total. The number of amides is 1. The number of nitriles is 1. The maximum absolute atomic E-state index is 13.5. The first-order valence-electron chi connectivity index (χ1n) is 11.5. The van der Waals surface area contributed by atoms with Gasteiger partial charge in [-0.05, 0) is 30.7 Å².